The van der Waals surface area contributed by atoms with Gasteiger partial charge < -0.3 is 0 Å². The summed E-state index contributed by atoms with van der Waals surface area (Å²) in [5.41, 5.74) is 2.05. The first-order valence-corrected chi connectivity index (χ1v) is 10.0. The Morgan fingerprint density at radius 2 is 1.82 bits per heavy atom. The summed E-state index contributed by atoms with van der Waals surface area (Å²) in [7, 11) is 0. The Hall–Kier alpha value is -2.95. The maximum Gasteiger partial charge on any atom is 0.250 e. The molecule has 3 nitrogen and oxygen atoms in total. The van der Waals surface area contributed by atoms with Gasteiger partial charge in [0.25, 0.3) is 0 Å². The van der Waals surface area contributed by atoms with Gasteiger partial charge in [0.15, 0.2) is 5.13 Å². The van der Waals surface area contributed by atoms with Crippen LogP contribution in [0.15, 0.2) is 79.0 Å². The smallest absolute Gasteiger partial charge is 0.250 e. The molecule has 0 aliphatic heterocycles. The van der Waals surface area contributed by atoms with Crippen molar-refractivity contribution in [1.82, 2.24) is 4.98 Å². The van der Waals surface area contributed by atoms with Gasteiger partial charge in [0, 0.05) is 28.6 Å². The van der Waals surface area contributed by atoms with Gasteiger partial charge in [0.05, 0.1) is 0 Å². The Balaban J connectivity index is 1.43. The number of rotatable bonds is 5. The van der Waals surface area contributed by atoms with Crippen LogP contribution in [-0.2, 0) is 11.2 Å². The number of hydrogen-bond donors (Lipinski definition) is 1. The number of amides is 1. The molecule has 0 bridgehead atoms. The van der Waals surface area contributed by atoms with E-state index in [-0.39, 0.29) is 5.91 Å². The van der Waals surface area contributed by atoms with E-state index in [9.17, 15) is 4.79 Å². The predicted octanol–water partition coefficient (Wildman–Crippen LogP) is 6.19. The van der Waals surface area contributed by atoms with Crippen LogP contribution in [0.4, 0.5) is 5.13 Å². The van der Waals surface area contributed by atoms with Crippen LogP contribution < -0.4 is 5.32 Å². The van der Waals surface area contributed by atoms with E-state index >= 15 is 0 Å². The molecule has 0 fully saturated rings. The van der Waals surface area contributed by atoms with Gasteiger partial charge in [-0.15, -0.1) is 11.3 Å². The van der Waals surface area contributed by atoms with Crippen molar-refractivity contribution in [2.24, 2.45) is 0 Å². The first kappa shape index (κ1) is 18.4. The molecular formula is C23H17ClN2OS. The van der Waals surface area contributed by atoms with Crippen molar-refractivity contribution in [2.75, 3.05) is 5.32 Å². The molecule has 1 amide bonds. The van der Waals surface area contributed by atoms with Crippen LogP contribution >= 0.6 is 22.9 Å². The Bertz CT molecular complexity index is 1160. The summed E-state index contributed by atoms with van der Waals surface area (Å²) in [4.78, 5) is 17.6. The number of nitrogens with zero attached hydrogens (tertiary/aromatic N) is 1. The molecule has 4 aromatic rings. The maximum absolute atomic E-state index is 12.3. The molecule has 1 aromatic heterocycles. The van der Waals surface area contributed by atoms with Crippen molar-refractivity contribution in [3.63, 3.8) is 0 Å². The van der Waals surface area contributed by atoms with Gasteiger partial charge in [-0.3, -0.25) is 10.1 Å². The van der Waals surface area contributed by atoms with E-state index in [1.807, 2.05) is 54.6 Å². The van der Waals surface area contributed by atoms with Gasteiger partial charge >= 0.3 is 0 Å². The highest BCUT2D eigenvalue weighted by Crippen LogP contribution is 2.25. The van der Waals surface area contributed by atoms with Gasteiger partial charge in [-0.1, -0.05) is 72.3 Å². The van der Waals surface area contributed by atoms with Gasteiger partial charge in [-0.05, 0) is 34.0 Å². The number of aromatic nitrogens is 1. The average molecular weight is 405 g/mol. The van der Waals surface area contributed by atoms with Gasteiger partial charge in [0.2, 0.25) is 5.91 Å². The number of carbonyl (C=O) groups excluding carboxylic acids is 1. The van der Waals surface area contributed by atoms with Gasteiger partial charge in [-0.2, -0.15) is 0 Å². The maximum atomic E-state index is 12.3. The minimum Gasteiger partial charge on any atom is -0.298 e. The van der Waals surface area contributed by atoms with Crippen molar-refractivity contribution >= 4 is 50.8 Å². The number of carbonyl (C=O) groups is 1. The molecular weight excluding hydrogens is 388 g/mol. The summed E-state index contributed by atoms with van der Waals surface area (Å²) in [5.74, 6) is -0.202. The quantitative estimate of drug-likeness (QED) is 0.403. The molecule has 3 aromatic carbocycles. The van der Waals surface area contributed by atoms with Crippen LogP contribution in [-0.4, -0.2) is 10.9 Å². The molecule has 0 aliphatic rings. The Kier molecular flexibility index (Phi) is 5.51. The molecule has 0 atom stereocenters. The van der Waals surface area contributed by atoms with Crippen LogP contribution in [0.5, 0.6) is 0 Å². The highest BCUT2D eigenvalue weighted by molar-refractivity contribution is 7.15. The van der Waals surface area contributed by atoms with Crippen molar-refractivity contribution in [1.29, 1.82) is 0 Å². The summed E-state index contributed by atoms with van der Waals surface area (Å²) >= 11 is 7.66. The first-order chi connectivity index (χ1) is 13.7. The fraction of sp³-hybridized carbons (Fsp3) is 0.0435. The van der Waals surface area contributed by atoms with E-state index in [1.54, 1.807) is 6.20 Å². The second-order valence-corrected chi connectivity index (χ2v) is 7.81. The molecule has 1 N–H and O–H groups in total. The third-order valence-corrected chi connectivity index (χ3v) is 5.63. The summed E-state index contributed by atoms with van der Waals surface area (Å²) in [6, 6.07) is 21.9. The van der Waals surface area contributed by atoms with Gasteiger partial charge in [0.1, 0.15) is 0 Å². The lowest BCUT2D eigenvalue weighted by Gasteiger charge is -2.02. The third kappa shape index (κ3) is 4.30. The molecule has 5 heteroatoms. The minimum absolute atomic E-state index is 0.202. The van der Waals surface area contributed by atoms with E-state index in [4.69, 9.17) is 11.6 Å². The topological polar surface area (TPSA) is 42.0 Å². The molecule has 0 saturated heterocycles. The van der Waals surface area contributed by atoms with E-state index in [0.29, 0.717) is 11.6 Å². The van der Waals surface area contributed by atoms with Crippen LogP contribution in [0, 0.1) is 0 Å². The van der Waals surface area contributed by atoms with Crippen molar-refractivity contribution in [3.05, 3.63) is 100 Å². The zero-order valence-electron chi connectivity index (χ0n) is 14.9. The molecule has 1 heterocycles. The number of nitrogens with one attached hydrogen (secondary N) is 1. The molecule has 0 unspecified atom stereocenters. The van der Waals surface area contributed by atoms with Crippen LogP contribution in [0.3, 0.4) is 0 Å². The number of fused-ring (bicyclic) bond motifs is 1. The lowest BCUT2D eigenvalue weighted by atomic mass is 10.0. The van der Waals surface area contributed by atoms with Crippen LogP contribution in [0.25, 0.3) is 16.8 Å². The second kappa shape index (κ2) is 8.38. The Labute approximate surface area is 172 Å². The zero-order valence-corrected chi connectivity index (χ0v) is 16.5. The summed E-state index contributed by atoms with van der Waals surface area (Å²) in [6.45, 7) is 0. The Morgan fingerprint density at radius 3 is 2.71 bits per heavy atom. The average Bonchev–Trinajstić information content (AvgIpc) is 3.15. The second-order valence-electron chi connectivity index (χ2n) is 6.29. The van der Waals surface area contributed by atoms with E-state index < -0.39 is 0 Å². The van der Waals surface area contributed by atoms with E-state index in [1.165, 1.54) is 17.4 Å². The molecule has 0 saturated carbocycles. The normalized spacial score (nSPS) is 11.2. The SMILES string of the molecule is O=C(/C=C/c1cccc2ccccc12)Nc1ncc(Cc2ccccc2Cl)s1. The van der Waals surface area contributed by atoms with Gasteiger partial charge in [-0.25, -0.2) is 4.98 Å². The van der Waals surface area contributed by atoms with E-state index in [2.05, 4.69) is 28.5 Å². The number of benzene rings is 3. The monoisotopic (exact) mass is 404 g/mol. The molecule has 0 spiro atoms. The molecule has 138 valence electrons. The largest absolute Gasteiger partial charge is 0.298 e. The predicted molar refractivity (Wildman–Crippen MR) is 118 cm³/mol. The summed E-state index contributed by atoms with van der Waals surface area (Å²) in [6.07, 6.45) is 5.84. The van der Waals surface area contributed by atoms with Crippen LogP contribution in [0.1, 0.15) is 16.0 Å². The summed E-state index contributed by atoms with van der Waals surface area (Å²) in [5, 5.41) is 6.41. The fourth-order valence-electron chi connectivity index (χ4n) is 2.98. The number of hydrogen-bond acceptors (Lipinski definition) is 3. The number of anilines is 1. The van der Waals surface area contributed by atoms with Crippen molar-refractivity contribution < 1.29 is 4.79 Å². The fourth-order valence-corrected chi connectivity index (χ4v) is 4.03. The van der Waals surface area contributed by atoms with E-state index in [0.717, 1.165) is 31.8 Å². The molecule has 0 radical (unpaired) electrons. The Morgan fingerprint density at radius 1 is 1.04 bits per heavy atom. The lowest BCUT2D eigenvalue weighted by Crippen LogP contribution is -2.07. The molecule has 28 heavy (non-hydrogen) atoms. The standard InChI is InChI=1S/C23H17ClN2OS/c24-21-11-4-2-7-18(21)14-19-15-25-23(28-19)26-22(27)13-12-17-9-5-8-16-6-1-3-10-20(16)17/h1-13,15H,14H2,(H,25,26,27)/b13-12+. The third-order valence-electron chi connectivity index (χ3n) is 4.34. The number of thiazole rings is 1. The summed E-state index contributed by atoms with van der Waals surface area (Å²) < 4.78 is 0. The first-order valence-electron chi connectivity index (χ1n) is 8.84. The minimum atomic E-state index is -0.202. The van der Waals surface area contributed by atoms with Crippen LogP contribution in [0.2, 0.25) is 5.02 Å². The molecule has 4 rings (SSSR count). The lowest BCUT2D eigenvalue weighted by molar-refractivity contribution is -0.111. The van der Waals surface area contributed by atoms with Crippen molar-refractivity contribution in [3.8, 4) is 0 Å². The van der Waals surface area contributed by atoms with Crippen molar-refractivity contribution in [2.45, 2.75) is 6.42 Å². The zero-order chi connectivity index (χ0) is 19.3. The highest BCUT2D eigenvalue weighted by Gasteiger charge is 2.07. The molecule has 0 aliphatic carbocycles. The highest BCUT2D eigenvalue weighted by atomic mass is 35.5. The number of halogens is 1.